The second-order valence-corrected chi connectivity index (χ2v) is 7.63. The van der Waals surface area contributed by atoms with Crippen molar-refractivity contribution in [2.75, 3.05) is 13.7 Å². The number of hydrazone groups is 1. The molecule has 0 N–H and O–H groups in total. The Morgan fingerprint density at radius 1 is 1.28 bits per heavy atom. The number of benzene rings is 1. The molecule has 2 atom stereocenters. The quantitative estimate of drug-likeness (QED) is 0.612. The first-order valence-corrected chi connectivity index (χ1v) is 10.4. The average molecular weight is 394 g/mol. The summed E-state index contributed by atoms with van der Waals surface area (Å²) in [6.45, 7) is 9.14. The maximum absolute atomic E-state index is 6.22. The number of rotatable bonds is 8. The first kappa shape index (κ1) is 21.0. The summed E-state index contributed by atoms with van der Waals surface area (Å²) in [6, 6.07) is 5.91. The van der Waals surface area contributed by atoms with E-state index >= 15 is 0 Å². The van der Waals surface area contributed by atoms with Gasteiger partial charge in [-0.2, -0.15) is 5.10 Å². The van der Waals surface area contributed by atoms with E-state index in [1.807, 2.05) is 18.2 Å². The van der Waals surface area contributed by atoms with Crippen molar-refractivity contribution in [3.63, 3.8) is 0 Å². The van der Waals surface area contributed by atoms with Gasteiger partial charge >= 0.3 is 0 Å². The van der Waals surface area contributed by atoms with Gasteiger partial charge < -0.3 is 9.47 Å². The molecule has 0 aromatic heterocycles. The van der Waals surface area contributed by atoms with Crippen LogP contribution in [0.5, 0.6) is 11.5 Å². The predicted octanol–water partition coefficient (Wildman–Crippen LogP) is 4.47. The minimum Gasteiger partial charge on any atom is -0.497 e. The first-order chi connectivity index (χ1) is 14.0. The Kier molecular flexibility index (Phi) is 6.64. The van der Waals surface area contributed by atoms with Gasteiger partial charge in [0.05, 0.1) is 18.9 Å². The van der Waals surface area contributed by atoms with Gasteiger partial charge in [-0.3, -0.25) is 4.99 Å². The maximum atomic E-state index is 6.22. The van der Waals surface area contributed by atoms with Crippen molar-refractivity contribution in [3.05, 3.63) is 35.4 Å². The lowest BCUT2D eigenvalue weighted by Gasteiger charge is -2.31. The molecule has 0 aliphatic carbocycles. The molecule has 0 radical (unpaired) electrons. The fourth-order valence-electron chi connectivity index (χ4n) is 4.00. The van der Waals surface area contributed by atoms with E-state index in [-0.39, 0.29) is 12.1 Å². The minimum atomic E-state index is 0.0544. The standard InChI is InChI=1S/C24H31N3O2/c1-7-10-19-14-20(28-6)11-12-23(19)29-15-22-17(5)25-24-21(18(8-2)9-3)13-16(4)26-27(22)24/h1,11-14,17-18,22H,8-10,15H2,2-6H3. The summed E-state index contributed by atoms with van der Waals surface area (Å²) >= 11 is 0. The van der Waals surface area contributed by atoms with Crippen LogP contribution in [0.2, 0.25) is 0 Å². The van der Waals surface area contributed by atoms with Gasteiger partial charge in [-0.05, 0) is 56.9 Å². The van der Waals surface area contributed by atoms with Crippen molar-refractivity contribution in [2.24, 2.45) is 16.0 Å². The van der Waals surface area contributed by atoms with Crippen LogP contribution in [0, 0.1) is 18.3 Å². The molecule has 5 nitrogen and oxygen atoms in total. The number of ether oxygens (including phenoxy) is 2. The second kappa shape index (κ2) is 9.17. The average Bonchev–Trinajstić information content (AvgIpc) is 3.03. The molecule has 0 bridgehead atoms. The van der Waals surface area contributed by atoms with Crippen LogP contribution >= 0.6 is 0 Å². The van der Waals surface area contributed by atoms with Gasteiger partial charge in [0.2, 0.25) is 0 Å². The van der Waals surface area contributed by atoms with Crippen molar-refractivity contribution in [2.45, 2.75) is 59.0 Å². The molecule has 29 heavy (non-hydrogen) atoms. The molecule has 154 valence electrons. The van der Waals surface area contributed by atoms with Crippen LogP contribution in [0.25, 0.3) is 0 Å². The number of fused-ring (bicyclic) bond motifs is 1. The number of terminal acetylenes is 1. The Hall–Kier alpha value is -2.74. The largest absolute Gasteiger partial charge is 0.497 e. The van der Waals surface area contributed by atoms with Gasteiger partial charge in [-0.15, -0.1) is 12.3 Å². The molecular formula is C24H31N3O2. The number of aliphatic imine (C=N–C) groups is 1. The lowest BCUT2D eigenvalue weighted by Crippen LogP contribution is -2.42. The van der Waals surface area contributed by atoms with Crippen LogP contribution in [0.4, 0.5) is 0 Å². The summed E-state index contributed by atoms with van der Waals surface area (Å²) in [5.41, 5.74) is 3.27. The van der Waals surface area contributed by atoms with Crippen molar-refractivity contribution in [3.8, 4) is 23.8 Å². The van der Waals surface area contributed by atoms with Crippen molar-refractivity contribution in [1.29, 1.82) is 0 Å². The van der Waals surface area contributed by atoms with Crippen LogP contribution in [0.3, 0.4) is 0 Å². The molecule has 1 aromatic carbocycles. The van der Waals surface area contributed by atoms with Gasteiger partial charge in [0.1, 0.15) is 30.0 Å². The zero-order chi connectivity index (χ0) is 21.0. The van der Waals surface area contributed by atoms with E-state index in [1.165, 1.54) is 5.57 Å². The lowest BCUT2D eigenvalue weighted by atomic mass is 9.91. The Labute approximate surface area is 174 Å². The molecule has 1 aromatic rings. The fraction of sp³-hybridized carbons (Fsp3) is 0.500. The molecule has 0 saturated carbocycles. The Morgan fingerprint density at radius 2 is 2.03 bits per heavy atom. The molecule has 3 rings (SSSR count). The highest BCUT2D eigenvalue weighted by Gasteiger charge is 2.39. The van der Waals surface area contributed by atoms with E-state index in [4.69, 9.17) is 26.0 Å². The number of nitrogens with zero attached hydrogens (tertiary/aromatic N) is 3. The first-order valence-electron chi connectivity index (χ1n) is 10.4. The molecule has 2 unspecified atom stereocenters. The van der Waals surface area contributed by atoms with Crippen LogP contribution in [-0.2, 0) is 6.42 Å². The highest BCUT2D eigenvalue weighted by Crippen LogP contribution is 2.32. The highest BCUT2D eigenvalue weighted by molar-refractivity contribution is 6.10. The maximum Gasteiger partial charge on any atom is 0.148 e. The van der Waals surface area contributed by atoms with Gasteiger partial charge in [-0.25, -0.2) is 5.01 Å². The predicted molar refractivity (Wildman–Crippen MR) is 119 cm³/mol. The van der Waals surface area contributed by atoms with Gasteiger partial charge in [0.25, 0.3) is 0 Å². The second-order valence-electron chi connectivity index (χ2n) is 7.63. The Balaban J connectivity index is 1.79. The molecule has 2 aliphatic rings. The van der Waals surface area contributed by atoms with Crippen molar-refractivity contribution < 1.29 is 9.47 Å². The molecule has 2 aliphatic heterocycles. The highest BCUT2D eigenvalue weighted by atomic mass is 16.5. The molecule has 0 saturated heterocycles. The third kappa shape index (κ3) is 4.32. The van der Waals surface area contributed by atoms with Crippen LogP contribution in [-0.4, -0.2) is 42.4 Å². The van der Waals surface area contributed by atoms with Crippen molar-refractivity contribution >= 4 is 11.5 Å². The number of allylic oxidation sites excluding steroid dienone is 1. The zero-order valence-electron chi connectivity index (χ0n) is 18.1. The lowest BCUT2D eigenvalue weighted by molar-refractivity contribution is 0.196. The molecule has 0 spiro atoms. The number of hydrogen-bond donors (Lipinski definition) is 0. The molecule has 5 heteroatoms. The number of hydrogen-bond acceptors (Lipinski definition) is 5. The van der Waals surface area contributed by atoms with E-state index in [2.05, 4.69) is 44.7 Å². The minimum absolute atomic E-state index is 0.0544. The van der Waals surface area contributed by atoms with Crippen LogP contribution in [0.15, 0.2) is 39.9 Å². The SMILES string of the molecule is C#CCc1cc(OC)ccc1OCC1C(C)N=C2C(C(CC)CC)=CC(C)=NN21. The monoisotopic (exact) mass is 393 g/mol. The Morgan fingerprint density at radius 3 is 2.69 bits per heavy atom. The number of methoxy groups -OCH3 is 1. The van der Waals surface area contributed by atoms with Gasteiger partial charge in [0.15, 0.2) is 0 Å². The summed E-state index contributed by atoms with van der Waals surface area (Å²) < 4.78 is 11.5. The van der Waals surface area contributed by atoms with E-state index in [0.29, 0.717) is 18.9 Å². The van der Waals surface area contributed by atoms with E-state index in [0.717, 1.165) is 41.5 Å². The zero-order valence-corrected chi connectivity index (χ0v) is 18.1. The topological polar surface area (TPSA) is 46.4 Å². The van der Waals surface area contributed by atoms with E-state index in [1.54, 1.807) is 7.11 Å². The van der Waals surface area contributed by atoms with Gasteiger partial charge in [0, 0.05) is 17.6 Å². The summed E-state index contributed by atoms with van der Waals surface area (Å²) in [5.74, 6) is 5.76. The molecule has 0 amide bonds. The summed E-state index contributed by atoms with van der Waals surface area (Å²) in [4.78, 5) is 4.96. The fourth-order valence-corrected chi connectivity index (χ4v) is 4.00. The normalized spacial score (nSPS) is 20.6. The Bertz CT molecular complexity index is 875. The third-order valence-corrected chi connectivity index (χ3v) is 5.70. The smallest absolute Gasteiger partial charge is 0.148 e. The number of amidine groups is 1. The summed E-state index contributed by atoms with van der Waals surface area (Å²) in [5, 5.41) is 6.85. The van der Waals surface area contributed by atoms with E-state index in [9.17, 15) is 0 Å². The molecular weight excluding hydrogens is 362 g/mol. The van der Waals surface area contributed by atoms with Gasteiger partial charge in [-0.1, -0.05) is 13.8 Å². The molecule has 2 heterocycles. The summed E-state index contributed by atoms with van der Waals surface area (Å²) in [7, 11) is 1.65. The van der Waals surface area contributed by atoms with Crippen LogP contribution in [0.1, 0.15) is 46.1 Å². The third-order valence-electron chi connectivity index (χ3n) is 5.70. The molecule has 0 fully saturated rings. The van der Waals surface area contributed by atoms with Crippen molar-refractivity contribution in [1.82, 2.24) is 5.01 Å². The summed E-state index contributed by atoms with van der Waals surface area (Å²) in [6.07, 6.45) is 10.4. The van der Waals surface area contributed by atoms with E-state index < -0.39 is 0 Å². The van der Waals surface area contributed by atoms with Crippen LogP contribution < -0.4 is 9.47 Å².